The lowest BCUT2D eigenvalue weighted by atomic mass is 10.2. The van der Waals surface area contributed by atoms with E-state index in [0.717, 1.165) is 10.9 Å². The number of esters is 1. The van der Waals surface area contributed by atoms with Gasteiger partial charge in [-0.15, -0.1) is 0 Å². The van der Waals surface area contributed by atoms with Gasteiger partial charge in [-0.05, 0) is 18.2 Å². The standard InChI is InChI=1S/C14H16NO2/c1-10(2)14(16)17-12-7-6-11-5-4-8-15(3)13(11)9-12/h4-10H,1-3H3/q+1. The van der Waals surface area contributed by atoms with Crippen LogP contribution in [0, 0.1) is 5.92 Å². The van der Waals surface area contributed by atoms with E-state index in [1.165, 1.54) is 0 Å². The van der Waals surface area contributed by atoms with Gasteiger partial charge in [0.15, 0.2) is 6.20 Å². The van der Waals surface area contributed by atoms with Crippen LogP contribution in [-0.2, 0) is 11.8 Å². The fraction of sp³-hybridized carbons (Fsp3) is 0.286. The summed E-state index contributed by atoms with van der Waals surface area (Å²) in [5.41, 5.74) is 1.04. The van der Waals surface area contributed by atoms with E-state index in [1.54, 1.807) is 0 Å². The van der Waals surface area contributed by atoms with Gasteiger partial charge in [0.1, 0.15) is 12.8 Å². The Kier molecular flexibility index (Phi) is 3.09. The second-order valence-electron chi connectivity index (χ2n) is 4.42. The molecule has 0 aliphatic carbocycles. The highest BCUT2D eigenvalue weighted by atomic mass is 16.5. The molecule has 1 heterocycles. The van der Waals surface area contributed by atoms with E-state index in [-0.39, 0.29) is 11.9 Å². The first-order valence-corrected chi connectivity index (χ1v) is 5.68. The van der Waals surface area contributed by atoms with Crippen molar-refractivity contribution in [1.29, 1.82) is 0 Å². The second kappa shape index (κ2) is 4.53. The summed E-state index contributed by atoms with van der Waals surface area (Å²) in [7, 11) is 1.97. The van der Waals surface area contributed by atoms with Crippen LogP contribution < -0.4 is 9.30 Å². The molecule has 0 atom stereocenters. The molecule has 0 aliphatic rings. The van der Waals surface area contributed by atoms with E-state index in [2.05, 4.69) is 0 Å². The third kappa shape index (κ3) is 2.44. The lowest BCUT2D eigenvalue weighted by Crippen LogP contribution is -2.27. The van der Waals surface area contributed by atoms with Crippen molar-refractivity contribution in [3.63, 3.8) is 0 Å². The van der Waals surface area contributed by atoms with Crippen molar-refractivity contribution in [1.82, 2.24) is 0 Å². The van der Waals surface area contributed by atoms with Crippen molar-refractivity contribution in [2.75, 3.05) is 0 Å². The summed E-state index contributed by atoms with van der Waals surface area (Å²) in [6.45, 7) is 3.65. The molecule has 3 nitrogen and oxygen atoms in total. The van der Waals surface area contributed by atoms with E-state index >= 15 is 0 Å². The molecule has 0 N–H and O–H groups in total. The molecule has 3 heteroatoms. The molecule has 17 heavy (non-hydrogen) atoms. The molecule has 88 valence electrons. The molecule has 0 aliphatic heterocycles. The summed E-state index contributed by atoms with van der Waals surface area (Å²) < 4.78 is 7.29. The van der Waals surface area contributed by atoms with Crippen LogP contribution in [0.5, 0.6) is 5.75 Å². The molecule has 0 spiro atoms. The van der Waals surface area contributed by atoms with E-state index < -0.39 is 0 Å². The van der Waals surface area contributed by atoms with Crippen molar-refractivity contribution >= 4 is 16.9 Å². The number of aryl methyl sites for hydroxylation is 1. The quantitative estimate of drug-likeness (QED) is 0.450. The number of fused-ring (bicyclic) bond motifs is 1. The number of carbonyl (C=O) groups excluding carboxylic acids is 1. The highest BCUT2D eigenvalue weighted by Crippen LogP contribution is 2.18. The molecular formula is C14H16NO2+. The molecule has 0 amide bonds. The zero-order valence-electron chi connectivity index (χ0n) is 10.3. The highest BCUT2D eigenvalue weighted by molar-refractivity contribution is 5.79. The number of rotatable bonds is 2. The van der Waals surface area contributed by atoms with Crippen LogP contribution in [0.2, 0.25) is 0 Å². The molecule has 1 aromatic heterocycles. The molecule has 1 aromatic carbocycles. The van der Waals surface area contributed by atoms with Crippen LogP contribution in [0.4, 0.5) is 0 Å². The number of hydrogen-bond acceptors (Lipinski definition) is 2. The molecular weight excluding hydrogens is 214 g/mol. The largest absolute Gasteiger partial charge is 0.426 e. The van der Waals surface area contributed by atoms with Crippen molar-refractivity contribution in [2.24, 2.45) is 13.0 Å². The van der Waals surface area contributed by atoms with E-state index in [1.807, 2.05) is 62.0 Å². The zero-order chi connectivity index (χ0) is 12.4. The molecule has 0 saturated heterocycles. The van der Waals surface area contributed by atoms with Gasteiger partial charge in [-0.2, -0.15) is 0 Å². The lowest BCUT2D eigenvalue weighted by molar-refractivity contribution is -0.644. The fourth-order valence-electron chi connectivity index (χ4n) is 1.62. The van der Waals surface area contributed by atoms with Crippen molar-refractivity contribution in [3.8, 4) is 5.75 Å². The van der Waals surface area contributed by atoms with E-state index in [4.69, 9.17) is 4.74 Å². The zero-order valence-corrected chi connectivity index (χ0v) is 10.3. The molecule has 0 unspecified atom stereocenters. The maximum atomic E-state index is 11.5. The minimum Gasteiger partial charge on any atom is -0.426 e. The first-order chi connectivity index (χ1) is 8.08. The van der Waals surface area contributed by atoms with Gasteiger partial charge < -0.3 is 4.74 Å². The molecule has 0 saturated carbocycles. The Morgan fingerprint density at radius 3 is 2.76 bits per heavy atom. The minimum absolute atomic E-state index is 0.116. The smallest absolute Gasteiger partial charge is 0.313 e. The van der Waals surface area contributed by atoms with Crippen molar-refractivity contribution in [2.45, 2.75) is 13.8 Å². The lowest BCUT2D eigenvalue weighted by Gasteiger charge is -2.06. The second-order valence-corrected chi connectivity index (χ2v) is 4.42. The average Bonchev–Trinajstić information content (AvgIpc) is 2.30. The van der Waals surface area contributed by atoms with Crippen LogP contribution in [0.15, 0.2) is 36.5 Å². The predicted octanol–water partition coefficient (Wildman–Crippen LogP) is 2.23. The van der Waals surface area contributed by atoms with Gasteiger partial charge in [0.25, 0.3) is 0 Å². The van der Waals surface area contributed by atoms with Gasteiger partial charge in [0.2, 0.25) is 5.52 Å². The summed E-state index contributed by atoms with van der Waals surface area (Å²) in [5.74, 6) is 0.274. The van der Waals surface area contributed by atoms with Gasteiger partial charge in [-0.1, -0.05) is 13.8 Å². The highest BCUT2D eigenvalue weighted by Gasteiger charge is 2.12. The Morgan fingerprint density at radius 2 is 2.06 bits per heavy atom. The van der Waals surface area contributed by atoms with Gasteiger partial charge in [-0.3, -0.25) is 4.79 Å². The molecule has 0 radical (unpaired) electrons. The van der Waals surface area contributed by atoms with Crippen LogP contribution in [0.3, 0.4) is 0 Å². The normalized spacial score (nSPS) is 10.8. The predicted molar refractivity (Wildman–Crippen MR) is 65.6 cm³/mol. The van der Waals surface area contributed by atoms with Gasteiger partial charge in [0.05, 0.1) is 12.0 Å². The Hall–Kier alpha value is -1.90. The monoisotopic (exact) mass is 230 g/mol. The van der Waals surface area contributed by atoms with Crippen LogP contribution >= 0.6 is 0 Å². The molecule has 2 rings (SSSR count). The first kappa shape index (κ1) is 11.6. The number of carbonyl (C=O) groups is 1. The Bertz CT molecular complexity index is 561. The van der Waals surface area contributed by atoms with Crippen molar-refractivity contribution in [3.05, 3.63) is 36.5 Å². The maximum absolute atomic E-state index is 11.5. The Balaban J connectivity index is 2.38. The topological polar surface area (TPSA) is 30.2 Å². The van der Waals surface area contributed by atoms with Gasteiger partial charge >= 0.3 is 5.97 Å². The number of benzene rings is 1. The first-order valence-electron chi connectivity index (χ1n) is 5.68. The third-order valence-corrected chi connectivity index (χ3v) is 2.66. The number of aromatic nitrogens is 1. The summed E-state index contributed by atoms with van der Waals surface area (Å²) >= 11 is 0. The van der Waals surface area contributed by atoms with Crippen LogP contribution in [0.25, 0.3) is 10.9 Å². The number of ether oxygens (including phenoxy) is 1. The molecule has 0 bridgehead atoms. The number of nitrogens with zero attached hydrogens (tertiary/aromatic N) is 1. The van der Waals surface area contributed by atoms with Crippen LogP contribution in [0.1, 0.15) is 13.8 Å². The minimum atomic E-state index is -0.206. The number of hydrogen-bond donors (Lipinski definition) is 0. The van der Waals surface area contributed by atoms with E-state index in [0.29, 0.717) is 5.75 Å². The van der Waals surface area contributed by atoms with Gasteiger partial charge in [-0.25, -0.2) is 4.57 Å². The average molecular weight is 230 g/mol. The summed E-state index contributed by atoms with van der Waals surface area (Å²) in [4.78, 5) is 11.5. The third-order valence-electron chi connectivity index (χ3n) is 2.66. The fourth-order valence-corrected chi connectivity index (χ4v) is 1.62. The van der Waals surface area contributed by atoms with Crippen LogP contribution in [-0.4, -0.2) is 5.97 Å². The summed E-state index contributed by atoms with van der Waals surface area (Å²) in [6.07, 6.45) is 1.97. The maximum Gasteiger partial charge on any atom is 0.313 e. The Labute approximate surface area is 101 Å². The van der Waals surface area contributed by atoms with E-state index in [9.17, 15) is 4.79 Å². The SMILES string of the molecule is CC(C)C(=O)Oc1ccc2ccc[n+](C)c2c1. The summed E-state index contributed by atoms with van der Waals surface area (Å²) in [6, 6.07) is 9.68. The molecule has 0 fully saturated rings. The number of pyridine rings is 1. The van der Waals surface area contributed by atoms with Crippen molar-refractivity contribution < 1.29 is 14.1 Å². The van der Waals surface area contributed by atoms with Gasteiger partial charge in [0, 0.05) is 11.5 Å². The Morgan fingerprint density at radius 1 is 1.29 bits per heavy atom. The molecule has 2 aromatic rings. The summed E-state index contributed by atoms with van der Waals surface area (Å²) in [5, 5.41) is 1.12.